The van der Waals surface area contributed by atoms with Crippen LogP contribution in [-0.2, 0) is 10.0 Å². The minimum atomic E-state index is -3.51. The lowest BCUT2D eigenvalue weighted by atomic mass is 9.85. The molecular formula is C29H34F2N10O3S. The Hall–Kier alpha value is -4.31. The maximum absolute atomic E-state index is 12.6. The van der Waals surface area contributed by atoms with Crippen molar-refractivity contribution in [3.05, 3.63) is 49.3 Å². The van der Waals surface area contributed by atoms with Crippen molar-refractivity contribution < 1.29 is 21.9 Å². The smallest absolute Gasteiger partial charge is 0.388 e. The average Bonchev–Trinajstić information content (AvgIpc) is 3.75. The Morgan fingerprint density at radius 1 is 1.00 bits per heavy atom. The van der Waals surface area contributed by atoms with Crippen LogP contribution in [0.3, 0.4) is 0 Å². The van der Waals surface area contributed by atoms with Crippen LogP contribution in [-0.4, -0.2) is 86.0 Å². The van der Waals surface area contributed by atoms with Crippen LogP contribution in [0.2, 0.25) is 0 Å². The summed E-state index contributed by atoms with van der Waals surface area (Å²) in [5.74, 6) is 1.62. The molecule has 13 nitrogen and oxygen atoms in total. The van der Waals surface area contributed by atoms with Gasteiger partial charge in [0.25, 0.3) is 10.0 Å². The van der Waals surface area contributed by atoms with Crippen molar-refractivity contribution in [2.45, 2.75) is 56.4 Å². The van der Waals surface area contributed by atoms with Gasteiger partial charge >= 0.3 is 6.61 Å². The maximum atomic E-state index is 12.6. The van der Waals surface area contributed by atoms with E-state index in [9.17, 15) is 17.2 Å². The highest BCUT2D eigenvalue weighted by atomic mass is 32.2. The van der Waals surface area contributed by atoms with E-state index in [1.165, 1.54) is 18.6 Å². The maximum Gasteiger partial charge on any atom is 0.388 e. The molecule has 16 heteroatoms. The van der Waals surface area contributed by atoms with Crippen molar-refractivity contribution in [1.82, 2.24) is 39.0 Å². The van der Waals surface area contributed by atoms with Crippen LogP contribution in [0.25, 0.3) is 22.6 Å². The van der Waals surface area contributed by atoms with Crippen molar-refractivity contribution in [2.24, 2.45) is 5.92 Å². The molecule has 0 radical (unpaired) electrons. The first kappa shape index (κ1) is 30.7. The summed E-state index contributed by atoms with van der Waals surface area (Å²) >= 11 is 0. The van der Waals surface area contributed by atoms with Crippen LogP contribution >= 0.6 is 0 Å². The Morgan fingerprint density at radius 2 is 1.80 bits per heavy atom. The minimum Gasteiger partial charge on any atom is -0.415 e. The number of nitrogens with zero attached hydrogens (tertiary/aromatic N) is 8. The zero-order valence-electron chi connectivity index (χ0n) is 24.8. The monoisotopic (exact) mass is 640 g/mol. The molecule has 4 heterocycles. The number of anilines is 3. The number of rotatable bonds is 12. The minimum absolute atomic E-state index is 0.223. The fourth-order valence-electron chi connectivity index (χ4n) is 5.46. The lowest BCUT2D eigenvalue weighted by Crippen LogP contribution is -2.31. The molecule has 2 fully saturated rings. The predicted molar refractivity (Wildman–Crippen MR) is 164 cm³/mol. The van der Waals surface area contributed by atoms with E-state index >= 15 is 0 Å². The van der Waals surface area contributed by atoms with Crippen molar-refractivity contribution in [2.75, 3.05) is 31.3 Å². The summed E-state index contributed by atoms with van der Waals surface area (Å²) < 4.78 is 55.7. The van der Waals surface area contributed by atoms with Gasteiger partial charge in [-0.2, -0.15) is 18.0 Å². The molecule has 238 valence electrons. The van der Waals surface area contributed by atoms with Crippen molar-refractivity contribution in [1.29, 1.82) is 0 Å². The molecule has 4 aromatic rings. The zero-order chi connectivity index (χ0) is 31.6. The molecule has 2 N–H and O–H groups in total. The first-order chi connectivity index (χ1) is 21.6. The van der Waals surface area contributed by atoms with Crippen molar-refractivity contribution in [3.8, 4) is 28.5 Å². The third-order valence-electron chi connectivity index (χ3n) is 7.78. The largest absolute Gasteiger partial charge is 0.415 e. The first-order valence-electron chi connectivity index (χ1n) is 14.7. The van der Waals surface area contributed by atoms with Gasteiger partial charge in [-0.05, 0) is 64.6 Å². The number of halogens is 2. The van der Waals surface area contributed by atoms with Crippen LogP contribution in [0.15, 0.2) is 49.3 Å². The molecule has 0 unspecified atom stereocenters. The summed E-state index contributed by atoms with van der Waals surface area (Å²) in [7, 11) is 0.676. The molecule has 0 spiro atoms. The number of pyridine rings is 1. The van der Waals surface area contributed by atoms with Gasteiger partial charge in [-0.25, -0.2) is 33.3 Å². The molecule has 0 aliphatic heterocycles. The summed E-state index contributed by atoms with van der Waals surface area (Å²) in [5.41, 5.74) is 2.32. The van der Waals surface area contributed by atoms with E-state index in [0.29, 0.717) is 53.0 Å². The Kier molecular flexibility index (Phi) is 8.85. The Bertz CT molecular complexity index is 1720. The Labute approximate surface area is 259 Å². The van der Waals surface area contributed by atoms with Gasteiger partial charge in [-0.1, -0.05) is 0 Å². The number of alkyl halides is 2. The van der Waals surface area contributed by atoms with E-state index < -0.39 is 16.6 Å². The predicted octanol–water partition coefficient (Wildman–Crippen LogP) is 4.41. The fraction of sp³-hybridized carbons (Fsp3) is 0.448. The molecule has 4 aromatic heterocycles. The molecule has 0 saturated heterocycles. The lowest BCUT2D eigenvalue weighted by molar-refractivity contribution is -0.0531. The third-order valence-corrected chi connectivity index (χ3v) is 9.82. The number of aromatic nitrogens is 7. The highest BCUT2D eigenvalue weighted by molar-refractivity contribution is 7.90. The molecule has 2 aliphatic carbocycles. The number of nitrogens with one attached hydrogen (secondary N) is 2. The molecular weight excluding hydrogens is 606 g/mol. The first-order valence-corrected chi connectivity index (χ1v) is 16.2. The number of hydrogen-bond acceptors (Lipinski definition) is 12. The standard InChI is InChI=1S/C29H34F2N10O3S/c1-40(2)16-18-3-5-20(6-4-18)37-23-11-26(34-13-22(23)24-14-35-27(15-33-24)44-29(30)31)38-25-9-10-32-28(39-25)19-12-36-41(17-19)45(42,43)21-7-8-21/h9-15,17-18,20-21,29H,3-8,16H2,1-2H3,(H2,32,34,37,38,39). The quantitative estimate of drug-likeness (QED) is 0.226. The van der Waals surface area contributed by atoms with Gasteiger partial charge in [0.05, 0.1) is 41.3 Å². The summed E-state index contributed by atoms with van der Waals surface area (Å²) in [4.78, 5) is 23.9. The fourth-order valence-corrected chi connectivity index (χ4v) is 6.93. The van der Waals surface area contributed by atoms with E-state index in [2.05, 4.69) is 64.4 Å². The Morgan fingerprint density at radius 3 is 2.49 bits per heavy atom. The molecule has 45 heavy (non-hydrogen) atoms. The summed E-state index contributed by atoms with van der Waals surface area (Å²) in [6.07, 6.45) is 14.1. The summed E-state index contributed by atoms with van der Waals surface area (Å²) in [6.45, 7) is -1.94. The topological polar surface area (TPSA) is 153 Å². The summed E-state index contributed by atoms with van der Waals surface area (Å²) in [6, 6.07) is 3.74. The van der Waals surface area contributed by atoms with Gasteiger partial charge in [0.1, 0.15) is 11.6 Å². The summed E-state index contributed by atoms with van der Waals surface area (Å²) in [5, 5.41) is 10.5. The second kappa shape index (κ2) is 13.0. The van der Waals surface area contributed by atoms with Crippen LogP contribution in [0.1, 0.15) is 38.5 Å². The second-order valence-corrected chi connectivity index (χ2v) is 13.7. The van der Waals surface area contributed by atoms with Gasteiger partial charge in [0.2, 0.25) is 5.88 Å². The lowest BCUT2D eigenvalue weighted by Gasteiger charge is -2.31. The van der Waals surface area contributed by atoms with E-state index in [4.69, 9.17) is 0 Å². The second-order valence-electron chi connectivity index (χ2n) is 11.6. The number of hydrogen-bond donors (Lipinski definition) is 2. The van der Waals surface area contributed by atoms with Crippen LogP contribution in [0.5, 0.6) is 5.88 Å². The molecule has 0 atom stereocenters. The highest BCUT2D eigenvalue weighted by Crippen LogP contribution is 2.34. The van der Waals surface area contributed by atoms with Crippen LogP contribution in [0.4, 0.5) is 26.1 Å². The van der Waals surface area contributed by atoms with Crippen molar-refractivity contribution >= 4 is 27.3 Å². The SMILES string of the molecule is CN(C)CC1CCC(Nc2cc(Nc3ccnc(-c4cnn(S(=O)(=O)C5CC5)c4)n3)ncc2-c2cnc(OC(F)F)cn2)CC1. The van der Waals surface area contributed by atoms with Gasteiger partial charge in [0, 0.05) is 42.3 Å². The molecule has 0 amide bonds. The van der Waals surface area contributed by atoms with Gasteiger partial charge < -0.3 is 20.3 Å². The molecule has 2 aliphatic rings. The third kappa shape index (κ3) is 7.50. The Balaban J connectivity index is 1.23. The van der Waals surface area contributed by atoms with E-state index in [0.717, 1.165) is 48.2 Å². The molecule has 0 bridgehead atoms. The van der Waals surface area contributed by atoms with Gasteiger partial charge in [0.15, 0.2) is 5.82 Å². The van der Waals surface area contributed by atoms with Gasteiger partial charge in [-0.3, -0.25) is 0 Å². The van der Waals surface area contributed by atoms with E-state index in [-0.39, 0.29) is 17.2 Å². The van der Waals surface area contributed by atoms with Crippen LogP contribution < -0.4 is 15.4 Å². The van der Waals surface area contributed by atoms with E-state index in [1.807, 2.05) is 6.07 Å². The highest BCUT2D eigenvalue weighted by Gasteiger charge is 2.37. The molecule has 2 saturated carbocycles. The molecule has 6 rings (SSSR count). The van der Waals surface area contributed by atoms with Gasteiger partial charge in [-0.15, -0.1) is 0 Å². The zero-order valence-corrected chi connectivity index (χ0v) is 25.7. The van der Waals surface area contributed by atoms with Crippen molar-refractivity contribution in [3.63, 3.8) is 0 Å². The number of ether oxygens (including phenoxy) is 1. The average molecular weight is 641 g/mol. The normalized spacial score (nSPS) is 18.7. The van der Waals surface area contributed by atoms with E-state index in [1.54, 1.807) is 18.5 Å². The molecule has 0 aromatic carbocycles. The van der Waals surface area contributed by atoms with Crippen LogP contribution in [0, 0.1) is 5.92 Å².